The lowest BCUT2D eigenvalue weighted by Gasteiger charge is -2.29. The summed E-state index contributed by atoms with van der Waals surface area (Å²) in [6.45, 7) is 9.88. The molecular weight excluding hydrogens is 180 g/mol. The molecule has 82 valence electrons. The molecule has 0 radical (unpaired) electrons. The molecule has 3 N–H and O–H groups in total. The maximum absolute atomic E-state index is 9.98. The van der Waals surface area contributed by atoms with E-state index in [0.29, 0.717) is 5.57 Å². The fourth-order valence-corrected chi connectivity index (χ4v) is 0.969. The molecule has 0 spiro atoms. The number of rotatable bonds is 4. The molecule has 3 nitrogen and oxygen atoms in total. The first kappa shape index (κ1) is 13.4. The highest BCUT2D eigenvalue weighted by Crippen LogP contribution is 2.22. The van der Waals surface area contributed by atoms with Crippen LogP contribution in [0.15, 0.2) is 24.3 Å². The van der Waals surface area contributed by atoms with E-state index in [0.717, 1.165) is 0 Å². The summed E-state index contributed by atoms with van der Waals surface area (Å²) in [5, 5.41) is 28.8. The Bertz CT molecular complexity index is 235. The predicted molar refractivity (Wildman–Crippen MR) is 56.9 cm³/mol. The van der Waals surface area contributed by atoms with Crippen LogP contribution in [0.5, 0.6) is 0 Å². The molecule has 0 aliphatic carbocycles. The van der Waals surface area contributed by atoms with Crippen LogP contribution >= 0.6 is 0 Å². The van der Waals surface area contributed by atoms with Gasteiger partial charge >= 0.3 is 0 Å². The van der Waals surface area contributed by atoms with Gasteiger partial charge in [0.15, 0.2) is 0 Å². The number of hydrogen-bond acceptors (Lipinski definition) is 3. The Balaban J connectivity index is 4.89. The molecule has 0 fully saturated rings. The standard InChI is InChI=1S/C11H20O3/c1-8(2)11(14,9(3)12)7-6-10(4,5)13/h6-7,9,12-14H,1H2,2-5H3/b7-6-/t9-,11?/m1/s1. The lowest BCUT2D eigenvalue weighted by molar-refractivity contribution is -0.00327. The Kier molecular flexibility index (Phi) is 4.06. The number of aliphatic hydroxyl groups excluding tert-OH is 1. The molecule has 0 aromatic heterocycles. The van der Waals surface area contributed by atoms with E-state index in [9.17, 15) is 15.3 Å². The molecule has 0 saturated heterocycles. The Morgan fingerprint density at radius 1 is 1.29 bits per heavy atom. The van der Waals surface area contributed by atoms with Gasteiger partial charge in [0.05, 0.1) is 11.7 Å². The van der Waals surface area contributed by atoms with Crippen LogP contribution in [0.4, 0.5) is 0 Å². The number of aliphatic hydroxyl groups is 3. The highest BCUT2D eigenvalue weighted by atomic mass is 16.3. The van der Waals surface area contributed by atoms with Gasteiger partial charge in [-0.3, -0.25) is 0 Å². The molecule has 0 aromatic carbocycles. The smallest absolute Gasteiger partial charge is 0.129 e. The van der Waals surface area contributed by atoms with E-state index in [4.69, 9.17) is 0 Å². The highest BCUT2D eigenvalue weighted by Gasteiger charge is 2.31. The fraction of sp³-hybridized carbons (Fsp3) is 0.636. The Morgan fingerprint density at radius 3 is 1.93 bits per heavy atom. The number of hydrogen-bond donors (Lipinski definition) is 3. The van der Waals surface area contributed by atoms with Gasteiger partial charge in [0.1, 0.15) is 5.60 Å². The van der Waals surface area contributed by atoms with E-state index in [1.54, 1.807) is 20.8 Å². The van der Waals surface area contributed by atoms with Gasteiger partial charge in [-0.25, -0.2) is 0 Å². The topological polar surface area (TPSA) is 60.7 Å². The Hall–Kier alpha value is -0.640. The lowest BCUT2D eigenvalue weighted by Crippen LogP contribution is -2.40. The maximum atomic E-state index is 9.98. The first-order valence-corrected chi connectivity index (χ1v) is 4.59. The SMILES string of the molecule is C=C(C)C(O)(/C=C\C(C)(C)O)[C@@H](C)O. The van der Waals surface area contributed by atoms with Crippen LogP contribution in [-0.2, 0) is 0 Å². The van der Waals surface area contributed by atoms with Gasteiger partial charge in [-0.15, -0.1) is 0 Å². The molecule has 0 amide bonds. The minimum absolute atomic E-state index is 0.438. The second-order valence-corrected chi connectivity index (χ2v) is 4.27. The van der Waals surface area contributed by atoms with E-state index in [2.05, 4.69) is 6.58 Å². The van der Waals surface area contributed by atoms with E-state index in [-0.39, 0.29) is 0 Å². The van der Waals surface area contributed by atoms with E-state index >= 15 is 0 Å². The van der Waals surface area contributed by atoms with Crippen LogP contribution in [0.25, 0.3) is 0 Å². The van der Waals surface area contributed by atoms with Crippen molar-refractivity contribution in [2.24, 2.45) is 0 Å². The zero-order valence-corrected chi connectivity index (χ0v) is 9.28. The van der Waals surface area contributed by atoms with Crippen LogP contribution in [0.2, 0.25) is 0 Å². The van der Waals surface area contributed by atoms with Crippen LogP contribution in [0.3, 0.4) is 0 Å². The van der Waals surface area contributed by atoms with Gasteiger partial charge in [0.2, 0.25) is 0 Å². The van der Waals surface area contributed by atoms with Crippen molar-refractivity contribution in [1.82, 2.24) is 0 Å². The van der Waals surface area contributed by atoms with Crippen molar-refractivity contribution in [3.63, 3.8) is 0 Å². The van der Waals surface area contributed by atoms with Crippen molar-refractivity contribution in [2.75, 3.05) is 0 Å². The average Bonchev–Trinajstić information content (AvgIpc) is 1.97. The molecule has 0 saturated carbocycles. The fourth-order valence-electron chi connectivity index (χ4n) is 0.969. The van der Waals surface area contributed by atoms with Gasteiger partial charge in [-0.05, 0) is 39.3 Å². The third kappa shape index (κ3) is 3.62. The highest BCUT2D eigenvalue weighted by molar-refractivity contribution is 5.24. The van der Waals surface area contributed by atoms with Crippen molar-refractivity contribution in [3.05, 3.63) is 24.3 Å². The second kappa shape index (κ2) is 4.26. The summed E-state index contributed by atoms with van der Waals surface area (Å²) in [6.07, 6.45) is 1.85. The molecule has 0 heterocycles. The largest absolute Gasteiger partial charge is 0.390 e. The summed E-state index contributed by atoms with van der Waals surface area (Å²) in [7, 11) is 0. The maximum Gasteiger partial charge on any atom is 0.129 e. The van der Waals surface area contributed by atoms with Gasteiger partial charge in [-0.2, -0.15) is 0 Å². The zero-order chi connectivity index (χ0) is 11.6. The summed E-state index contributed by atoms with van der Waals surface area (Å²) in [5.41, 5.74) is -2.05. The van der Waals surface area contributed by atoms with Crippen LogP contribution < -0.4 is 0 Å². The molecule has 0 bridgehead atoms. The molecule has 14 heavy (non-hydrogen) atoms. The summed E-state index contributed by atoms with van der Waals surface area (Å²) in [4.78, 5) is 0. The molecule has 0 aliphatic rings. The molecular formula is C11H20O3. The van der Waals surface area contributed by atoms with Crippen LogP contribution in [0, 0.1) is 0 Å². The monoisotopic (exact) mass is 200 g/mol. The van der Waals surface area contributed by atoms with E-state index < -0.39 is 17.3 Å². The minimum Gasteiger partial charge on any atom is -0.390 e. The van der Waals surface area contributed by atoms with Crippen LogP contribution in [-0.4, -0.2) is 32.6 Å². The normalized spacial score (nSPS) is 19.4. The third-order valence-corrected chi connectivity index (χ3v) is 2.07. The second-order valence-electron chi connectivity index (χ2n) is 4.27. The van der Waals surface area contributed by atoms with Gasteiger partial charge in [-0.1, -0.05) is 12.7 Å². The molecule has 0 aromatic rings. The van der Waals surface area contributed by atoms with Crippen LogP contribution in [0.1, 0.15) is 27.7 Å². The first-order chi connectivity index (χ1) is 6.09. The van der Waals surface area contributed by atoms with Gasteiger partial charge in [0, 0.05) is 0 Å². The Labute approximate surface area is 85.4 Å². The summed E-state index contributed by atoms with van der Waals surface area (Å²) >= 11 is 0. The third-order valence-electron chi connectivity index (χ3n) is 2.07. The summed E-state index contributed by atoms with van der Waals surface area (Å²) in [6, 6.07) is 0. The lowest BCUT2D eigenvalue weighted by atomic mass is 9.89. The molecule has 3 heteroatoms. The van der Waals surface area contributed by atoms with Crippen molar-refractivity contribution >= 4 is 0 Å². The zero-order valence-electron chi connectivity index (χ0n) is 9.28. The molecule has 1 unspecified atom stereocenters. The quantitative estimate of drug-likeness (QED) is 0.593. The predicted octanol–water partition coefficient (Wildman–Crippen LogP) is 1.00. The summed E-state index contributed by atoms with van der Waals surface area (Å²) < 4.78 is 0. The molecule has 2 atom stereocenters. The van der Waals surface area contributed by atoms with Crippen molar-refractivity contribution in [1.29, 1.82) is 0 Å². The average molecular weight is 200 g/mol. The van der Waals surface area contributed by atoms with E-state index in [1.807, 2.05) is 0 Å². The Morgan fingerprint density at radius 2 is 1.71 bits per heavy atom. The minimum atomic E-state index is -1.47. The van der Waals surface area contributed by atoms with Crippen molar-refractivity contribution < 1.29 is 15.3 Å². The van der Waals surface area contributed by atoms with Crippen molar-refractivity contribution in [2.45, 2.75) is 45.0 Å². The summed E-state index contributed by atoms with van der Waals surface area (Å²) in [5.74, 6) is 0. The van der Waals surface area contributed by atoms with Gasteiger partial charge < -0.3 is 15.3 Å². The van der Waals surface area contributed by atoms with Crippen molar-refractivity contribution in [3.8, 4) is 0 Å². The first-order valence-electron chi connectivity index (χ1n) is 4.59. The van der Waals surface area contributed by atoms with Gasteiger partial charge in [0.25, 0.3) is 0 Å². The molecule has 0 rings (SSSR count). The molecule has 0 aliphatic heterocycles. The van der Waals surface area contributed by atoms with E-state index in [1.165, 1.54) is 19.1 Å².